The predicted molar refractivity (Wildman–Crippen MR) is 218 cm³/mol. The lowest BCUT2D eigenvalue weighted by molar-refractivity contribution is -0.274. The van der Waals surface area contributed by atoms with Crippen LogP contribution in [0.4, 0.5) is 30.2 Å². The Bertz CT molecular complexity index is 3000. The summed E-state index contributed by atoms with van der Waals surface area (Å²) in [5, 5.41) is 9.32. The van der Waals surface area contributed by atoms with E-state index in [0.29, 0.717) is 0 Å². The van der Waals surface area contributed by atoms with Gasteiger partial charge < -0.3 is 14.1 Å². The van der Waals surface area contributed by atoms with Crippen molar-refractivity contribution in [2.45, 2.75) is 6.36 Å². The highest BCUT2D eigenvalue weighted by Crippen LogP contribution is 2.43. The lowest BCUT2D eigenvalue weighted by atomic mass is 9.94. The van der Waals surface area contributed by atoms with Gasteiger partial charge in [-0.1, -0.05) is 127 Å². The first-order valence-electron chi connectivity index (χ1n) is 18.0. The molecule has 1 heterocycles. The van der Waals surface area contributed by atoms with Crippen LogP contribution in [-0.4, -0.2) is 6.36 Å². The molecule has 0 spiro atoms. The van der Waals surface area contributed by atoms with Gasteiger partial charge in [-0.05, 0) is 104 Å². The minimum Gasteiger partial charge on any atom is -0.455 e. The largest absolute Gasteiger partial charge is 0.573 e. The lowest BCUT2D eigenvalue weighted by Gasteiger charge is -2.26. The van der Waals surface area contributed by atoms with E-state index in [1.807, 2.05) is 42.5 Å². The van der Waals surface area contributed by atoms with Crippen molar-refractivity contribution in [1.82, 2.24) is 0 Å². The zero-order valence-electron chi connectivity index (χ0n) is 29.2. The van der Waals surface area contributed by atoms with Crippen molar-refractivity contribution in [3.8, 4) is 28.0 Å². The summed E-state index contributed by atoms with van der Waals surface area (Å²) in [5.74, 6) is -0.254. The third-order valence-corrected chi connectivity index (χ3v) is 10.4. The Balaban J connectivity index is 1.10. The summed E-state index contributed by atoms with van der Waals surface area (Å²) in [6, 6.07) is 60.6. The van der Waals surface area contributed by atoms with Crippen LogP contribution in [-0.2, 0) is 0 Å². The van der Waals surface area contributed by atoms with Gasteiger partial charge in [0, 0.05) is 33.4 Å². The molecule has 10 aromatic rings. The summed E-state index contributed by atoms with van der Waals surface area (Å²) in [7, 11) is 0. The maximum absolute atomic E-state index is 12.8. The van der Waals surface area contributed by atoms with Crippen LogP contribution in [0.5, 0.6) is 5.75 Å². The van der Waals surface area contributed by atoms with Crippen LogP contribution in [0.25, 0.3) is 76.5 Å². The zero-order valence-corrected chi connectivity index (χ0v) is 29.2. The number of para-hydroxylation sites is 2. The summed E-state index contributed by atoms with van der Waals surface area (Å²) < 4.78 is 48.8. The molecule has 0 saturated heterocycles. The quantitative estimate of drug-likeness (QED) is 0.160. The number of rotatable bonds is 6. The first kappa shape index (κ1) is 32.6. The molecule has 55 heavy (non-hydrogen) atoms. The van der Waals surface area contributed by atoms with E-state index < -0.39 is 6.36 Å². The van der Waals surface area contributed by atoms with Crippen molar-refractivity contribution in [1.29, 1.82) is 0 Å². The second-order valence-corrected chi connectivity index (χ2v) is 13.6. The SMILES string of the molecule is FC(F)(F)Oc1ccc(-c2ccc(N(c3ccc(-c4cccc5c4oc4ccccc45)cc3)c3ccc4c5ccccc5c5ccccc5c4c3)cc2)cc1. The molecule has 9 aromatic carbocycles. The van der Waals surface area contributed by atoms with E-state index in [0.717, 1.165) is 66.6 Å². The molecule has 0 atom stereocenters. The van der Waals surface area contributed by atoms with Gasteiger partial charge in [-0.3, -0.25) is 0 Å². The first-order valence-corrected chi connectivity index (χ1v) is 18.0. The fraction of sp³-hybridized carbons (Fsp3) is 0.0204. The highest BCUT2D eigenvalue weighted by Gasteiger charge is 2.31. The van der Waals surface area contributed by atoms with Crippen LogP contribution in [0.3, 0.4) is 0 Å². The Hall–Kier alpha value is -7.05. The second kappa shape index (κ2) is 12.8. The van der Waals surface area contributed by atoms with E-state index in [9.17, 15) is 13.2 Å². The molecule has 0 unspecified atom stereocenters. The maximum Gasteiger partial charge on any atom is 0.573 e. The Morgan fingerprint density at radius 2 is 0.873 bits per heavy atom. The highest BCUT2D eigenvalue weighted by atomic mass is 19.4. The topological polar surface area (TPSA) is 25.6 Å². The van der Waals surface area contributed by atoms with Gasteiger partial charge in [0.1, 0.15) is 16.9 Å². The number of ether oxygens (including phenoxy) is 1. The summed E-state index contributed by atoms with van der Waals surface area (Å²) in [6.45, 7) is 0. The molecule has 0 aliphatic carbocycles. The Labute approximate surface area is 314 Å². The molecule has 0 aliphatic rings. The molecule has 0 saturated carbocycles. The van der Waals surface area contributed by atoms with Gasteiger partial charge in [-0.25, -0.2) is 0 Å². The monoisotopic (exact) mass is 721 g/mol. The van der Waals surface area contributed by atoms with Gasteiger partial charge >= 0.3 is 6.36 Å². The van der Waals surface area contributed by atoms with Crippen molar-refractivity contribution in [3.63, 3.8) is 0 Å². The number of halogens is 3. The van der Waals surface area contributed by atoms with Crippen molar-refractivity contribution >= 4 is 71.3 Å². The van der Waals surface area contributed by atoms with Gasteiger partial charge in [0.15, 0.2) is 0 Å². The van der Waals surface area contributed by atoms with Crippen molar-refractivity contribution in [3.05, 3.63) is 182 Å². The summed E-state index contributed by atoms with van der Waals surface area (Å²) in [6.07, 6.45) is -4.74. The minimum atomic E-state index is -4.74. The molecular formula is C49H30F3NO2. The average Bonchev–Trinajstić information content (AvgIpc) is 3.60. The first-order chi connectivity index (χ1) is 26.9. The molecule has 3 nitrogen and oxygen atoms in total. The Morgan fingerprint density at radius 3 is 1.47 bits per heavy atom. The number of hydrogen-bond acceptors (Lipinski definition) is 3. The molecule has 0 N–H and O–H groups in total. The van der Waals surface area contributed by atoms with Crippen LogP contribution < -0.4 is 9.64 Å². The van der Waals surface area contributed by atoms with Crippen molar-refractivity contribution in [2.24, 2.45) is 0 Å². The van der Waals surface area contributed by atoms with Gasteiger partial charge in [-0.15, -0.1) is 13.2 Å². The molecule has 0 fully saturated rings. The maximum atomic E-state index is 12.8. The Morgan fingerprint density at radius 1 is 0.400 bits per heavy atom. The molecular weight excluding hydrogens is 692 g/mol. The number of hydrogen-bond donors (Lipinski definition) is 0. The number of benzene rings is 9. The molecule has 264 valence electrons. The predicted octanol–water partition coefficient (Wildman–Crippen LogP) is 14.7. The van der Waals surface area contributed by atoms with E-state index in [2.05, 4.69) is 125 Å². The number of fused-ring (bicyclic) bond motifs is 9. The van der Waals surface area contributed by atoms with Crippen LogP contribution in [0.15, 0.2) is 186 Å². The summed E-state index contributed by atoms with van der Waals surface area (Å²) in [5.41, 5.74) is 8.30. The van der Waals surface area contributed by atoms with E-state index in [1.54, 1.807) is 12.1 Å². The van der Waals surface area contributed by atoms with Crippen LogP contribution in [0.2, 0.25) is 0 Å². The van der Waals surface area contributed by atoms with Crippen LogP contribution in [0.1, 0.15) is 0 Å². The number of furan rings is 1. The molecule has 0 aliphatic heterocycles. The highest BCUT2D eigenvalue weighted by molar-refractivity contribution is 6.25. The summed E-state index contributed by atoms with van der Waals surface area (Å²) >= 11 is 0. The number of alkyl halides is 3. The van der Waals surface area contributed by atoms with Gasteiger partial charge in [0.2, 0.25) is 0 Å². The minimum absolute atomic E-state index is 0.254. The molecule has 10 rings (SSSR count). The van der Waals surface area contributed by atoms with E-state index >= 15 is 0 Å². The van der Waals surface area contributed by atoms with Gasteiger partial charge in [-0.2, -0.15) is 0 Å². The van der Waals surface area contributed by atoms with E-state index in [4.69, 9.17) is 4.42 Å². The van der Waals surface area contributed by atoms with E-state index in [-0.39, 0.29) is 5.75 Å². The summed E-state index contributed by atoms with van der Waals surface area (Å²) in [4.78, 5) is 2.24. The van der Waals surface area contributed by atoms with Crippen LogP contribution >= 0.6 is 0 Å². The normalized spacial score (nSPS) is 11.9. The molecule has 0 bridgehead atoms. The molecule has 0 amide bonds. The van der Waals surface area contributed by atoms with Crippen LogP contribution in [0, 0.1) is 0 Å². The Kier molecular flexibility index (Phi) is 7.59. The third-order valence-electron chi connectivity index (χ3n) is 10.4. The second-order valence-electron chi connectivity index (χ2n) is 13.6. The number of nitrogens with zero attached hydrogens (tertiary/aromatic N) is 1. The van der Waals surface area contributed by atoms with Crippen molar-refractivity contribution in [2.75, 3.05) is 4.90 Å². The number of anilines is 3. The smallest absolute Gasteiger partial charge is 0.455 e. The molecule has 1 aromatic heterocycles. The van der Waals surface area contributed by atoms with E-state index in [1.165, 1.54) is 39.1 Å². The fourth-order valence-electron chi connectivity index (χ4n) is 7.90. The van der Waals surface area contributed by atoms with Gasteiger partial charge in [0.05, 0.1) is 0 Å². The standard InChI is InChI=1S/C49H30F3NO2/c50-49(51,52)55-37-27-20-32(21-28-37)31-16-22-34(23-17-31)53(36-26-29-43-41-10-2-1-8-39(41)40-9-3-4-11-42(40)46(43)30-36)35-24-18-33(19-25-35)38-13-7-14-45-44-12-5-6-15-47(44)54-48(38)45/h1-30H. The lowest BCUT2D eigenvalue weighted by Crippen LogP contribution is -2.16. The molecule has 6 heteroatoms. The third kappa shape index (κ3) is 5.79. The zero-order chi connectivity index (χ0) is 37.1. The average molecular weight is 722 g/mol. The fourth-order valence-corrected chi connectivity index (χ4v) is 7.90. The molecule has 0 radical (unpaired) electrons. The van der Waals surface area contributed by atoms with Gasteiger partial charge in [0.25, 0.3) is 0 Å². The van der Waals surface area contributed by atoms with Crippen molar-refractivity contribution < 1.29 is 22.3 Å².